The van der Waals surface area contributed by atoms with E-state index in [2.05, 4.69) is 26.0 Å². The highest BCUT2D eigenvalue weighted by Crippen LogP contribution is 2.19. The second kappa shape index (κ2) is 59.2. The van der Waals surface area contributed by atoms with Crippen molar-refractivity contribution in [3.05, 3.63) is 12.2 Å². The molecule has 0 heterocycles. The van der Waals surface area contributed by atoms with E-state index in [1.165, 1.54) is 276 Å². The number of quaternary nitrogens is 1. The highest BCUT2D eigenvalue weighted by molar-refractivity contribution is 5.70. The molecule has 0 amide bonds. The molecule has 0 aliphatic carbocycles. The van der Waals surface area contributed by atoms with E-state index >= 15 is 0 Å². The first kappa shape index (κ1) is 74.0. The first-order valence-electron chi connectivity index (χ1n) is 33.3. The molecule has 0 aromatic carbocycles. The van der Waals surface area contributed by atoms with E-state index < -0.39 is 24.3 Å². The lowest BCUT2D eigenvalue weighted by Gasteiger charge is -2.26. The van der Waals surface area contributed by atoms with Gasteiger partial charge in [0.05, 0.1) is 40.3 Å². The summed E-state index contributed by atoms with van der Waals surface area (Å²) in [5, 5.41) is 11.8. The van der Waals surface area contributed by atoms with Gasteiger partial charge in [0.25, 0.3) is 0 Å². The maximum Gasteiger partial charge on any atom is 0.306 e. The maximum absolute atomic E-state index is 12.9. The topological polar surface area (TPSA) is 111 Å². The third kappa shape index (κ3) is 59.7. The lowest BCUT2D eigenvalue weighted by molar-refractivity contribution is -0.870. The molecule has 0 spiro atoms. The molecular formula is C67H129NO8. The molecule has 9 heteroatoms. The highest BCUT2D eigenvalue weighted by atomic mass is 16.7. The number of unbranched alkanes of at least 4 members (excludes halogenated alkanes) is 46. The summed E-state index contributed by atoms with van der Waals surface area (Å²) in [5.41, 5.74) is 0. The minimum Gasteiger partial charge on any atom is -0.545 e. The van der Waals surface area contributed by atoms with Gasteiger partial charge in [0, 0.05) is 12.8 Å². The molecule has 0 aromatic heterocycles. The average molecular weight is 1080 g/mol. The van der Waals surface area contributed by atoms with Gasteiger partial charge in [-0.15, -0.1) is 0 Å². The number of likely N-dealkylation sites (N-methyl/N-ethyl adjacent to an activating group) is 1. The van der Waals surface area contributed by atoms with Crippen molar-refractivity contribution in [2.75, 3.05) is 47.5 Å². The number of carboxylic acid groups (broad SMARTS) is 1. The Hall–Kier alpha value is -1.97. The Morgan fingerprint density at radius 2 is 0.671 bits per heavy atom. The van der Waals surface area contributed by atoms with Crippen molar-refractivity contribution in [3.63, 3.8) is 0 Å². The number of aliphatic carboxylic acids is 1. The number of allylic oxidation sites excluding steroid dienone is 2. The van der Waals surface area contributed by atoms with Crippen LogP contribution in [0.3, 0.4) is 0 Å². The second-order valence-electron chi connectivity index (χ2n) is 24.1. The van der Waals surface area contributed by atoms with Crippen LogP contribution in [0.4, 0.5) is 0 Å². The van der Waals surface area contributed by atoms with Gasteiger partial charge in [0.1, 0.15) is 13.2 Å². The summed E-state index contributed by atoms with van der Waals surface area (Å²) in [6.07, 6.45) is 67.1. The monoisotopic (exact) mass is 1080 g/mol. The van der Waals surface area contributed by atoms with Gasteiger partial charge >= 0.3 is 11.9 Å². The van der Waals surface area contributed by atoms with Gasteiger partial charge in [-0.05, 0) is 38.5 Å². The van der Waals surface area contributed by atoms with Crippen LogP contribution in [0.15, 0.2) is 12.2 Å². The summed E-state index contributed by atoms with van der Waals surface area (Å²) < 4.78 is 22.8. The number of nitrogens with zero attached hydrogens (tertiary/aromatic N) is 1. The number of ether oxygens (including phenoxy) is 4. The fourth-order valence-corrected chi connectivity index (χ4v) is 10.1. The molecule has 9 nitrogen and oxygen atoms in total. The van der Waals surface area contributed by atoms with E-state index in [1.807, 2.05) is 21.1 Å². The van der Waals surface area contributed by atoms with Crippen molar-refractivity contribution in [1.82, 2.24) is 0 Å². The summed E-state index contributed by atoms with van der Waals surface area (Å²) in [6, 6.07) is 0. The fourth-order valence-electron chi connectivity index (χ4n) is 10.1. The third-order valence-electron chi connectivity index (χ3n) is 15.3. The van der Waals surface area contributed by atoms with Crippen LogP contribution in [0, 0.1) is 0 Å². The zero-order chi connectivity index (χ0) is 55.5. The molecule has 2 atom stereocenters. The van der Waals surface area contributed by atoms with E-state index in [0.717, 1.165) is 38.5 Å². The molecule has 76 heavy (non-hydrogen) atoms. The Morgan fingerprint density at radius 1 is 0.382 bits per heavy atom. The van der Waals surface area contributed by atoms with Gasteiger partial charge in [-0.3, -0.25) is 9.59 Å². The second-order valence-corrected chi connectivity index (χ2v) is 24.1. The zero-order valence-corrected chi connectivity index (χ0v) is 51.4. The smallest absolute Gasteiger partial charge is 0.306 e. The van der Waals surface area contributed by atoms with Gasteiger partial charge in [0.2, 0.25) is 0 Å². The largest absolute Gasteiger partial charge is 0.545 e. The summed E-state index contributed by atoms with van der Waals surface area (Å²) in [7, 11) is 5.94. The van der Waals surface area contributed by atoms with Gasteiger partial charge in [0.15, 0.2) is 12.4 Å². The van der Waals surface area contributed by atoms with E-state index in [9.17, 15) is 19.5 Å². The van der Waals surface area contributed by atoms with Crippen LogP contribution in [-0.4, -0.2) is 82.3 Å². The molecule has 0 rings (SSSR count). The van der Waals surface area contributed by atoms with E-state index in [4.69, 9.17) is 18.9 Å². The van der Waals surface area contributed by atoms with Crippen molar-refractivity contribution < 1.29 is 42.9 Å². The van der Waals surface area contributed by atoms with Crippen LogP contribution in [0.5, 0.6) is 0 Å². The SMILES string of the molecule is CCCCCCCCCC/C=C\CCCCCCCCCCCCCCCCCCCC(=O)OC(COC(=O)CCCCCCCCCCCCCCCCCCCCCCCC)COC(OCC[N+](C)(C)C)C(=O)[O-]. The quantitative estimate of drug-likeness (QED) is 0.0195. The molecule has 0 bridgehead atoms. The number of carbonyl (C=O) groups excluding carboxylic acids is 3. The van der Waals surface area contributed by atoms with Gasteiger partial charge in [-0.25, -0.2) is 0 Å². The molecule has 0 fully saturated rings. The van der Waals surface area contributed by atoms with Crippen molar-refractivity contribution in [1.29, 1.82) is 0 Å². The lowest BCUT2D eigenvalue weighted by atomic mass is 10.0. The number of carboxylic acids is 1. The molecular weight excluding hydrogens is 947 g/mol. The third-order valence-corrected chi connectivity index (χ3v) is 15.3. The summed E-state index contributed by atoms with van der Waals surface area (Å²) in [6.45, 7) is 4.83. The molecule has 450 valence electrons. The Bertz CT molecular complexity index is 1250. The molecule has 2 unspecified atom stereocenters. The van der Waals surface area contributed by atoms with Crippen LogP contribution >= 0.6 is 0 Å². The van der Waals surface area contributed by atoms with Crippen LogP contribution in [0.2, 0.25) is 0 Å². The predicted octanol–water partition coefficient (Wildman–Crippen LogP) is 18.7. The van der Waals surface area contributed by atoms with Crippen molar-refractivity contribution in [2.45, 2.75) is 354 Å². The lowest BCUT2D eigenvalue weighted by Crippen LogP contribution is -2.44. The first-order chi connectivity index (χ1) is 37.1. The zero-order valence-electron chi connectivity index (χ0n) is 51.4. The minimum absolute atomic E-state index is 0.152. The number of esters is 2. The Balaban J connectivity index is 4.09. The summed E-state index contributed by atoms with van der Waals surface area (Å²) in [5.74, 6) is -2.25. The fraction of sp³-hybridized carbons (Fsp3) is 0.925. The van der Waals surface area contributed by atoms with Crippen molar-refractivity contribution in [2.24, 2.45) is 0 Å². The van der Waals surface area contributed by atoms with Crippen LogP contribution in [-0.2, 0) is 33.3 Å². The molecule has 0 N–H and O–H groups in total. The maximum atomic E-state index is 12.9. The van der Waals surface area contributed by atoms with Crippen LogP contribution in [0.25, 0.3) is 0 Å². The molecule has 0 aliphatic rings. The van der Waals surface area contributed by atoms with Crippen LogP contribution < -0.4 is 5.11 Å². The van der Waals surface area contributed by atoms with Gasteiger partial charge < -0.3 is 33.3 Å². The summed E-state index contributed by atoms with van der Waals surface area (Å²) >= 11 is 0. The number of hydrogen-bond acceptors (Lipinski definition) is 8. The standard InChI is InChI=1S/C67H129NO8/c1-6-8-10-12-14-16-18-20-22-24-26-28-30-31-32-33-34-35-36-38-40-42-44-46-48-50-52-54-56-58-65(70)76-63(62-75-67(66(71)72)73-60-59-68(3,4)5)61-74-64(69)57-55-53-51-49-47-45-43-41-39-37-29-27-25-23-21-19-17-15-13-11-9-7-2/h24,26,63,67H,6-23,25,27-62H2,1-5H3/b26-24-. The van der Waals surface area contributed by atoms with Gasteiger partial charge in [-0.2, -0.15) is 0 Å². The van der Waals surface area contributed by atoms with E-state index in [0.29, 0.717) is 17.4 Å². The Morgan fingerprint density at radius 3 is 0.974 bits per heavy atom. The Labute approximate surface area is 472 Å². The normalized spacial score (nSPS) is 12.7. The minimum atomic E-state index is -1.62. The average Bonchev–Trinajstić information content (AvgIpc) is 3.39. The van der Waals surface area contributed by atoms with E-state index in [-0.39, 0.29) is 32.2 Å². The molecule has 0 saturated carbocycles. The van der Waals surface area contributed by atoms with Crippen LogP contribution in [0.1, 0.15) is 341 Å². The highest BCUT2D eigenvalue weighted by Gasteiger charge is 2.22. The summed E-state index contributed by atoms with van der Waals surface area (Å²) in [4.78, 5) is 37.4. The molecule has 0 radical (unpaired) electrons. The van der Waals surface area contributed by atoms with Crippen molar-refractivity contribution in [3.8, 4) is 0 Å². The number of rotatable bonds is 63. The molecule has 0 aliphatic heterocycles. The van der Waals surface area contributed by atoms with E-state index in [1.54, 1.807) is 0 Å². The first-order valence-corrected chi connectivity index (χ1v) is 33.3. The number of hydrogen-bond donors (Lipinski definition) is 0. The predicted molar refractivity (Wildman–Crippen MR) is 320 cm³/mol. The van der Waals surface area contributed by atoms with Crippen molar-refractivity contribution >= 4 is 17.9 Å². The molecule has 0 saturated heterocycles. The molecule has 0 aromatic rings. The van der Waals surface area contributed by atoms with Gasteiger partial charge in [-0.1, -0.05) is 302 Å². The Kier molecular flexibility index (Phi) is 57.6. The number of carbonyl (C=O) groups is 3.